The molecule has 0 atom stereocenters. The molecule has 0 spiro atoms. The number of alkyl halides is 3. The van der Waals surface area contributed by atoms with Crippen LogP contribution in [0.25, 0.3) is 0 Å². The second-order valence-corrected chi connectivity index (χ2v) is 3.95. The Morgan fingerprint density at radius 1 is 1.44 bits per heavy atom. The van der Waals surface area contributed by atoms with Gasteiger partial charge < -0.3 is 10.2 Å². The summed E-state index contributed by atoms with van der Waals surface area (Å²) in [7, 11) is 0. The number of anilines is 2. The molecule has 18 heavy (non-hydrogen) atoms. The first-order valence-electron chi connectivity index (χ1n) is 5.29. The molecule has 0 aliphatic carbocycles. The third-order valence-electron chi connectivity index (χ3n) is 2.62. The Morgan fingerprint density at radius 3 is 2.78 bits per heavy atom. The number of halogens is 3. The highest BCUT2D eigenvalue weighted by Crippen LogP contribution is 2.36. The van der Waals surface area contributed by atoms with Crippen molar-refractivity contribution in [1.29, 1.82) is 0 Å². The summed E-state index contributed by atoms with van der Waals surface area (Å²) in [5, 5.41) is 2.45. The molecular formula is C12H11F3N2O. The van der Waals surface area contributed by atoms with E-state index < -0.39 is 11.7 Å². The standard InChI is InChI=1S/C12H11F3N2O/c1-2-5-17-7-11(18)16-9-6-8(12(13,14)15)3-4-10(9)17/h2-4,6H,1,5,7H2,(H,16,18). The summed E-state index contributed by atoms with van der Waals surface area (Å²) >= 11 is 0. The molecule has 0 aromatic heterocycles. The van der Waals surface area contributed by atoms with Crippen molar-refractivity contribution in [3.8, 4) is 0 Å². The molecule has 1 aliphatic rings. The largest absolute Gasteiger partial charge is 0.416 e. The van der Waals surface area contributed by atoms with E-state index in [0.717, 1.165) is 12.1 Å². The quantitative estimate of drug-likeness (QED) is 0.825. The van der Waals surface area contributed by atoms with Gasteiger partial charge in [0.05, 0.1) is 23.5 Å². The highest BCUT2D eigenvalue weighted by molar-refractivity contribution is 6.01. The van der Waals surface area contributed by atoms with E-state index >= 15 is 0 Å². The number of rotatable bonds is 2. The summed E-state index contributed by atoms with van der Waals surface area (Å²) in [6.45, 7) is 4.08. The first kappa shape index (κ1) is 12.5. The van der Waals surface area contributed by atoms with Gasteiger partial charge in [0, 0.05) is 6.54 Å². The Balaban J connectivity index is 2.43. The van der Waals surface area contributed by atoms with Crippen molar-refractivity contribution >= 4 is 17.3 Å². The SMILES string of the molecule is C=CCN1CC(=O)Nc2cc(C(F)(F)F)ccc21. The summed E-state index contributed by atoms with van der Waals surface area (Å²) in [4.78, 5) is 13.1. The van der Waals surface area contributed by atoms with Gasteiger partial charge in [0.25, 0.3) is 0 Å². The fourth-order valence-electron chi connectivity index (χ4n) is 1.86. The lowest BCUT2D eigenvalue weighted by molar-refractivity contribution is -0.137. The smallest absolute Gasteiger partial charge is 0.357 e. The van der Waals surface area contributed by atoms with Gasteiger partial charge in [-0.2, -0.15) is 13.2 Å². The molecule has 1 aromatic rings. The minimum Gasteiger partial charge on any atom is -0.357 e. The number of benzene rings is 1. The lowest BCUT2D eigenvalue weighted by Gasteiger charge is -2.30. The van der Waals surface area contributed by atoms with E-state index in [-0.39, 0.29) is 18.1 Å². The normalized spacial score (nSPS) is 15.1. The van der Waals surface area contributed by atoms with Gasteiger partial charge >= 0.3 is 6.18 Å². The van der Waals surface area contributed by atoms with Gasteiger partial charge in [-0.15, -0.1) is 6.58 Å². The summed E-state index contributed by atoms with van der Waals surface area (Å²) in [6.07, 6.45) is -2.82. The molecular weight excluding hydrogens is 245 g/mol. The first-order chi connectivity index (χ1) is 8.41. The maximum Gasteiger partial charge on any atom is 0.416 e. The first-order valence-corrected chi connectivity index (χ1v) is 5.29. The highest BCUT2D eigenvalue weighted by Gasteiger charge is 2.32. The molecule has 0 unspecified atom stereocenters. The van der Waals surface area contributed by atoms with Gasteiger partial charge in [-0.05, 0) is 18.2 Å². The number of hydrogen-bond acceptors (Lipinski definition) is 2. The van der Waals surface area contributed by atoms with Crippen molar-refractivity contribution in [2.75, 3.05) is 23.3 Å². The fraction of sp³-hybridized carbons (Fsp3) is 0.250. The minimum absolute atomic E-state index is 0.115. The number of nitrogens with zero attached hydrogens (tertiary/aromatic N) is 1. The van der Waals surface area contributed by atoms with Gasteiger partial charge in [-0.3, -0.25) is 4.79 Å². The van der Waals surface area contributed by atoms with E-state index in [1.807, 2.05) is 0 Å². The molecule has 1 aromatic carbocycles. The summed E-state index contributed by atoms with van der Waals surface area (Å²) < 4.78 is 37.7. The number of amides is 1. The van der Waals surface area contributed by atoms with E-state index in [9.17, 15) is 18.0 Å². The maximum absolute atomic E-state index is 12.6. The zero-order valence-corrected chi connectivity index (χ0v) is 9.42. The predicted octanol–water partition coefficient (Wildman–Crippen LogP) is 2.65. The zero-order valence-electron chi connectivity index (χ0n) is 9.42. The topological polar surface area (TPSA) is 32.3 Å². The van der Waals surface area contributed by atoms with E-state index in [4.69, 9.17) is 0 Å². The van der Waals surface area contributed by atoms with Crippen molar-refractivity contribution in [3.05, 3.63) is 36.4 Å². The van der Waals surface area contributed by atoms with Gasteiger partial charge in [0.1, 0.15) is 0 Å². The molecule has 0 fully saturated rings. The van der Waals surface area contributed by atoms with Crippen molar-refractivity contribution in [2.24, 2.45) is 0 Å². The molecule has 0 bridgehead atoms. The van der Waals surface area contributed by atoms with Gasteiger partial charge in [0.15, 0.2) is 0 Å². The van der Waals surface area contributed by atoms with E-state index in [1.54, 1.807) is 11.0 Å². The van der Waals surface area contributed by atoms with Crippen LogP contribution in [0.4, 0.5) is 24.5 Å². The van der Waals surface area contributed by atoms with Crippen LogP contribution in [0.5, 0.6) is 0 Å². The maximum atomic E-state index is 12.6. The second kappa shape index (κ2) is 4.36. The number of hydrogen-bond donors (Lipinski definition) is 1. The van der Waals surface area contributed by atoms with Crippen LogP contribution in [0.2, 0.25) is 0 Å². The fourth-order valence-corrected chi connectivity index (χ4v) is 1.86. The van der Waals surface area contributed by atoms with Crippen LogP contribution in [0.15, 0.2) is 30.9 Å². The Kier molecular flexibility index (Phi) is 3.02. The van der Waals surface area contributed by atoms with Crippen LogP contribution >= 0.6 is 0 Å². The van der Waals surface area contributed by atoms with Crippen LogP contribution in [-0.4, -0.2) is 19.0 Å². The molecule has 1 heterocycles. The van der Waals surface area contributed by atoms with E-state index in [0.29, 0.717) is 12.2 Å². The molecule has 96 valence electrons. The van der Waals surface area contributed by atoms with E-state index in [2.05, 4.69) is 11.9 Å². The second-order valence-electron chi connectivity index (χ2n) is 3.95. The molecule has 1 N–H and O–H groups in total. The van der Waals surface area contributed by atoms with Crippen molar-refractivity contribution < 1.29 is 18.0 Å². The summed E-state index contributed by atoms with van der Waals surface area (Å²) in [5.74, 6) is -0.330. The minimum atomic E-state index is -4.42. The lowest BCUT2D eigenvalue weighted by Crippen LogP contribution is -2.38. The molecule has 0 saturated heterocycles. The highest BCUT2D eigenvalue weighted by atomic mass is 19.4. The number of carbonyl (C=O) groups is 1. The molecule has 1 aliphatic heterocycles. The van der Waals surface area contributed by atoms with Crippen molar-refractivity contribution in [3.63, 3.8) is 0 Å². The molecule has 6 heteroatoms. The Hall–Kier alpha value is -1.98. The van der Waals surface area contributed by atoms with Crippen LogP contribution < -0.4 is 10.2 Å². The third-order valence-corrected chi connectivity index (χ3v) is 2.62. The predicted molar refractivity (Wildman–Crippen MR) is 62.5 cm³/mol. The third kappa shape index (κ3) is 2.32. The number of carbonyl (C=O) groups excluding carboxylic acids is 1. The average molecular weight is 256 g/mol. The lowest BCUT2D eigenvalue weighted by atomic mass is 10.1. The van der Waals surface area contributed by atoms with Crippen LogP contribution in [0, 0.1) is 0 Å². The van der Waals surface area contributed by atoms with E-state index in [1.165, 1.54) is 6.07 Å². The molecule has 0 saturated carbocycles. The number of nitrogens with one attached hydrogen (secondary N) is 1. The molecule has 2 rings (SSSR count). The van der Waals surface area contributed by atoms with Crippen LogP contribution in [0.1, 0.15) is 5.56 Å². The van der Waals surface area contributed by atoms with Gasteiger partial charge in [-0.1, -0.05) is 6.08 Å². The molecule has 0 radical (unpaired) electrons. The molecule has 3 nitrogen and oxygen atoms in total. The van der Waals surface area contributed by atoms with Crippen molar-refractivity contribution in [2.45, 2.75) is 6.18 Å². The summed E-state index contributed by atoms with van der Waals surface area (Å²) in [6, 6.07) is 3.32. The molecule has 1 amide bonds. The monoisotopic (exact) mass is 256 g/mol. The van der Waals surface area contributed by atoms with Crippen molar-refractivity contribution in [1.82, 2.24) is 0 Å². The zero-order chi connectivity index (χ0) is 13.3. The van der Waals surface area contributed by atoms with Gasteiger partial charge in [0.2, 0.25) is 5.91 Å². The Labute approximate surface area is 102 Å². The van der Waals surface area contributed by atoms with Gasteiger partial charge in [-0.25, -0.2) is 0 Å². The summed E-state index contributed by atoms with van der Waals surface area (Å²) in [5.41, 5.74) is -0.0209. The van der Waals surface area contributed by atoms with Crippen LogP contribution in [-0.2, 0) is 11.0 Å². The Bertz CT molecular complexity index is 497. The van der Waals surface area contributed by atoms with Crippen LogP contribution in [0.3, 0.4) is 0 Å². The number of fused-ring (bicyclic) bond motifs is 1. The Morgan fingerprint density at radius 2 is 2.17 bits per heavy atom. The average Bonchev–Trinajstić information content (AvgIpc) is 2.27.